The zero-order valence-corrected chi connectivity index (χ0v) is 23.6. The molecule has 2 heterocycles. The van der Waals surface area contributed by atoms with Crippen molar-refractivity contribution in [2.75, 3.05) is 18.4 Å². The fourth-order valence-corrected chi connectivity index (χ4v) is 5.20. The van der Waals surface area contributed by atoms with Gasteiger partial charge in [-0.15, -0.1) is 5.10 Å². The number of nitrogens with one attached hydrogen (secondary N) is 1. The molecular weight excluding hydrogens is 582 g/mol. The fraction of sp³-hybridized carbons (Fsp3) is 0.241. The number of rotatable bonds is 6. The van der Waals surface area contributed by atoms with Crippen molar-refractivity contribution in [3.05, 3.63) is 105 Å². The van der Waals surface area contributed by atoms with Crippen LogP contribution < -0.4 is 5.32 Å². The quantitative estimate of drug-likeness (QED) is 0.298. The number of hydrogen-bond acceptors (Lipinski definition) is 5. The van der Waals surface area contributed by atoms with Crippen LogP contribution in [0.15, 0.2) is 77.4 Å². The normalized spacial score (nSPS) is 14.7. The van der Waals surface area contributed by atoms with E-state index in [-0.39, 0.29) is 17.7 Å². The van der Waals surface area contributed by atoms with Crippen molar-refractivity contribution >= 4 is 45.0 Å². The van der Waals surface area contributed by atoms with Gasteiger partial charge in [-0.2, -0.15) is 0 Å². The molecule has 1 aromatic heterocycles. The van der Waals surface area contributed by atoms with Gasteiger partial charge in [-0.1, -0.05) is 57.0 Å². The molecule has 4 aromatic rings. The number of nitrogens with zero attached hydrogens (tertiary/aromatic N) is 4. The number of carbonyl (C=O) groups excluding carboxylic acids is 2. The number of aromatic nitrogens is 3. The molecule has 0 bridgehead atoms. The fourth-order valence-electron chi connectivity index (χ4n) is 4.67. The van der Waals surface area contributed by atoms with Crippen LogP contribution in [0.1, 0.15) is 46.1 Å². The summed E-state index contributed by atoms with van der Waals surface area (Å²) in [5, 5.41) is 22.7. The highest BCUT2D eigenvalue weighted by Gasteiger charge is 2.29. The van der Waals surface area contributed by atoms with Gasteiger partial charge in [0.05, 0.1) is 17.4 Å². The Morgan fingerprint density at radius 3 is 2.54 bits per heavy atom. The van der Waals surface area contributed by atoms with Crippen LogP contribution in [0.2, 0.25) is 5.02 Å². The van der Waals surface area contributed by atoms with Crippen LogP contribution >= 0.6 is 27.5 Å². The third-order valence-electron chi connectivity index (χ3n) is 6.85. The van der Waals surface area contributed by atoms with Crippen LogP contribution in [0, 0.1) is 12.8 Å². The van der Waals surface area contributed by atoms with Crippen molar-refractivity contribution in [1.82, 2.24) is 19.9 Å². The number of aliphatic hydroxyl groups is 1. The van der Waals surface area contributed by atoms with Gasteiger partial charge in [-0.05, 0) is 73.4 Å². The van der Waals surface area contributed by atoms with Gasteiger partial charge in [0.2, 0.25) is 5.91 Å². The highest BCUT2D eigenvalue weighted by atomic mass is 79.9. The average Bonchev–Trinajstić information content (AvgIpc) is 3.43. The summed E-state index contributed by atoms with van der Waals surface area (Å²) in [4.78, 5) is 28.2. The summed E-state index contributed by atoms with van der Waals surface area (Å²) in [6.45, 7) is 2.88. The van der Waals surface area contributed by atoms with E-state index in [1.54, 1.807) is 41.4 Å². The van der Waals surface area contributed by atoms with Gasteiger partial charge in [-0.3, -0.25) is 9.59 Å². The second-order valence-electron chi connectivity index (χ2n) is 9.63. The third-order valence-corrected chi connectivity index (χ3v) is 7.60. The molecule has 0 saturated carbocycles. The molecule has 200 valence electrons. The number of halogens is 2. The highest BCUT2D eigenvalue weighted by Crippen LogP contribution is 2.26. The minimum atomic E-state index is -0.984. The van der Waals surface area contributed by atoms with E-state index in [0.29, 0.717) is 53.5 Å². The standard InChI is InChI=1S/C29H27BrClN5O3/c1-18-5-10-24(26(15-18)36-17-25(33-34-36)27(37)19-6-8-22(31)9-7-19)29(39)35-13-11-20(12-14-35)28(38)32-23-4-2-3-21(30)16-23/h2-10,15-17,20,27,37H,11-14H2,1H3,(H,32,38). The summed E-state index contributed by atoms with van der Waals surface area (Å²) in [6.07, 6.45) is 1.80. The summed E-state index contributed by atoms with van der Waals surface area (Å²) in [7, 11) is 0. The Bertz CT molecular complexity index is 1500. The Balaban J connectivity index is 1.29. The molecule has 5 rings (SSSR count). The van der Waals surface area contributed by atoms with Gasteiger partial charge in [0.15, 0.2) is 0 Å². The third kappa shape index (κ3) is 6.21. The Labute approximate surface area is 239 Å². The van der Waals surface area contributed by atoms with E-state index in [9.17, 15) is 14.7 Å². The Hall–Kier alpha value is -3.53. The molecule has 3 aromatic carbocycles. The van der Waals surface area contributed by atoms with Crippen molar-refractivity contribution in [3.8, 4) is 5.69 Å². The van der Waals surface area contributed by atoms with Crippen LogP contribution in [-0.4, -0.2) is 49.9 Å². The number of anilines is 1. The van der Waals surface area contributed by atoms with E-state index in [1.807, 2.05) is 43.3 Å². The zero-order chi connectivity index (χ0) is 27.5. The lowest BCUT2D eigenvalue weighted by Gasteiger charge is -2.32. The first kappa shape index (κ1) is 27.1. The van der Waals surface area contributed by atoms with Gasteiger partial charge >= 0.3 is 0 Å². The molecule has 2 N–H and O–H groups in total. The van der Waals surface area contributed by atoms with Crippen LogP contribution in [-0.2, 0) is 4.79 Å². The number of aliphatic hydroxyl groups excluding tert-OH is 1. The molecular formula is C29H27BrClN5O3. The minimum Gasteiger partial charge on any atom is -0.382 e. The topological polar surface area (TPSA) is 100 Å². The van der Waals surface area contributed by atoms with E-state index >= 15 is 0 Å². The first-order chi connectivity index (χ1) is 18.8. The van der Waals surface area contributed by atoms with E-state index < -0.39 is 6.10 Å². The molecule has 1 aliphatic heterocycles. The number of hydrogen-bond donors (Lipinski definition) is 2. The molecule has 1 fully saturated rings. The van der Waals surface area contributed by atoms with Crippen molar-refractivity contribution in [2.45, 2.75) is 25.9 Å². The van der Waals surface area contributed by atoms with E-state index in [0.717, 1.165) is 15.7 Å². The van der Waals surface area contributed by atoms with Crippen molar-refractivity contribution in [2.24, 2.45) is 5.92 Å². The molecule has 39 heavy (non-hydrogen) atoms. The van der Waals surface area contributed by atoms with E-state index in [1.165, 1.54) is 4.68 Å². The molecule has 0 spiro atoms. The molecule has 0 radical (unpaired) electrons. The van der Waals surface area contributed by atoms with Crippen molar-refractivity contribution < 1.29 is 14.7 Å². The minimum absolute atomic E-state index is 0.0365. The molecule has 10 heteroatoms. The summed E-state index contributed by atoms with van der Waals surface area (Å²) in [6, 6.07) is 19.9. The predicted octanol–water partition coefficient (Wildman–Crippen LogP) is 5.56. The number of likely N-dealkylation sites (tertiary alicyclic amines) is 1. The molecule has 2 amide bonds. The highest BCUT2D eigenvalue weighted by molar-refractivity contribution is 9.10. The molecule has 8 nitrogen and oxygen atoms in total. The lowest BCUT2D eigenvalue weighted by Crippen LogP contribution is -2.41. The smallest absolute Gasteiger partial charge is 0.256 e. The van der Waals surface area contributed by atoms with Crippen LogP contribution in [0.4, 0.5) is 5.69 Å². The lowest BCUT2D eigenvalue weighted by atomic mass is 9.95. The summed E-state index contributed by atoms with van der Waals surface area (Å²) in [5.41, 5.74) is 3.75. The first-order valence-corrected chi connectivity index (χ1v) is 13.8. The zero-order valence-electron chi connectivity index (χ0n) is 21.2. The van der Waals surface area contributed by atoms with Gasteiger partial charge in [0.1, 0.15) is 11.8 Å². The summed E-state index contributed by atoms with van der Waals surface area (Å²) >= 11 is 9.38. The SMILES string of the molecule is Cc1ccc(C(=O)N2CCC(C(=O)Nc3cccc(Br)c3)CC2)c(-n2cc(C(O)c3ccc(Cl)cc3)nn2)c1. The number of amides is 2. The van der Waals surface area contributed by atoms with Crippen LogP contribution in [0.3, 0.4) is 0 Å². The first-order valence-electron chi connectivity index (χ1n) is 12.6. The molecule has 1 unspecified atom stereocenters. The Morgan fingerprint density at radius 1 is 1.08 bits per heavy atom. The monoisotopic (exact) mass is 607 g/mol. The molecule has 1 atom stereocenters. The second-order valence-corrected chi connectivity index (χ2v) is 11.0. The van der Waals surface area contributed by atoms with Gasteiger partial charge in [0.25, 0.3) is 5.91 Å². The molecule has 1 aliphatic rings. The number of carbonyl (C=O) groups is 2. The number of benzene rings is 3. The maximum atomic E-state index is 13.6. The maximum absolute atomic E-state index is 13.6. The predicted molar refractivity (Wildman–Crippen MR) is 153 cm³/mol. The molecule has 0 aliphatic carbocycles. The summed E-state index contributed by atoms with van der Waals surface area (Å²) < 4.78 is 2.42. The number of piperidine rings is 1. The molecule has 1 saturated heterocycles. The second kappa shape index (κ2) is 11.7. The lowest BCUT2D eigenvalue weighted by molar-refractivity contribution is -0.121. The van der Waals surface area contributed by atoms with E-state index in [2.05, 4.69) is 31.6 Å². The Morgan fingerprint density at radius 2 is 1.82 bits per heavy atom. The maximum Gasteiger partial charge on any atom is 0.256 e. The van der Waals surface area contributed by atoms with Crippen LogP contribution in [0.5, 0.6) is 0 Å². The van der Waals surface area contributed by atoms with Gasteiger partial charge in [0, 0.05) is 34.2 Å². The van der Waals surface area contributed by atoms with Crippen molar-refractivity contribution in [3.63, 3.8) is 0 Å². The Kier molecular flexibility index (Phi) is 8.11. The van der Waals surface area contributed by atoms with Crippen molar-refractivity contribution in [1.29, 1.82) is 0 Å². The van der Waals surface area contributed by atoms with E-state index in [4.69, 9.17) is 11.6 Å². The van der Waals surface area contributed by atoms with Gasteiger partial charge in [-0.25, -0.2) is 4.68 Å². The summed E-state index contributed by atoms with van der Waals surface area (Å²) in [5.74, 6) is -0.338. The average molecular weight is 609 g/mol. The largest absolute Gasteiger partial charge is 0.382 e. The number of aryl methyl sites for hydroxylation is 1. The van der Waals surface area contributed by atoms with Gasteiger partial charge < -0.3 is 15.3 Å². The van der Waals surface area contributed by atoms with Crippen LogP contribution in [0.25, 0.3) is 5.69 Å².